The molecule has 1 atom stereocenters. The fourth-order valence-corrected chi connectivity index (χ4v) is 2.87. The van der Waals surface area contributed by atoms with Crippen molar-refractivity contribution in [2.24, 2.45) is 0 Å². The van der Waals surface area contributed by atoms with Crippen molar-refractivity contribution in [1.82, 2.24) is 0 Å². The predicted octanol–water partition coefficient (Wildman–Crippen LogP) is 1.81. The number of amides is 2. The average molecular weight is 411 g/mol. The third-order valence-corrected chi connectivity index (χ3v) is 4.52. The van der Waals surface area contributed by atoms with E-state index in [4.69, 9.17) is 32.7 Å². The maximum atomic E-state index is 12.2. The van der Waals surface area contributed by atoms with Crippen molar-refractivity contribution >= 4 is 46.4 Å². The molecule has 0 spiro atoms. The third-order valence-electron chi connectivity index (χ3n) is 3.78. The van der Waals surface area contributed by atoms with Crippen LogP contribution in [0.3, 0.4) is 0 Å². The summed E-state index contributed by atoms with van der Waals surface area (Å²) >= 11 is 11.8. The Balaban J connectivity index is 1.47. The maximum absolute atomic E-state index is 12.2. The Morgan fingerprint density at radius 1 is 0.926 bits per heavy atom. The molecule has 0 saturated carbocycles. The van der Waals surface area contributed by atoms with E-state index in [1.54, 1.807) is 43.4 Å². The van der Waals surface area contributed by atoms with Gasteiger partial charge in [-0.15, -0.1) is 0 Å². The fraction of sp³-hybridized carbons (Fsp3) is 0.222. The van der Waals surface area contributed by atoms with Crippen LogP contribution in [0.2, 0.25) is 10.0 Å². The first-order valence-electron chi connectivity index (χ1n) is 8.16. The van der Waals surface area contributed by atoms with Crippen LogP contribution in [0, 0.1) is 0 Å². The Bertz CT molecular complexity index is 876. The van der Waals surface area contributed by atoms with Gasteiger partial charge in [0.05, 0.1) is 17.1 Å². The van der Waals surface area contributed by atoms with E-state index in [1.165, 1.54) is 0 Å². The first-order chi connectivity index (χ1) is 12.9. The molecule has 27 heavy (non-hydrogen) atoms. The smallest absolute Gasteiger partial charge is 0.279 e. The molecular weight excluding hydrogens is 393 g/mol. The van der Waals surface area contributed by atoms with E-state index in [0.717, 1.165) is 4.90 Å². The molecular formula is C18H18Cl2N3O4+. The van der Waals surface area contributed by atoms with Crippen LogP contribution < -0.4 is 25.0 Å². The molecule has 1 heterocycles. The van der Waals surface area contributed by atoms with Gasteiger partial charge < -0.3 is 25.0 Å². The number of carbonyl (C=O) groups excluding carboxylic acids is 2. The van der Waals surface area contributed by atoms with E-state index in [0.29, 0.717) is 32.9 Å². The standard InChI is InChI=1S/C18H17Cl2N3O4/c1-23(8-17(24)21-11-2-4-13(19)14(20)6-11)9-18(25)22-12-3-5-15-16(7-12)27-10-26-15/h2-7H,8-10H2,1H3,(H,21,24)(H,22,25)/p+1. The van der Waals surface area contributed by atoms with Crippen molar-refractivity contribution in [3.63, 3.8) is 0 Å². The van der Waals surface area contributed by atoms with Crippen LogP contribution >= 0.6 is 23.2 Å². The molecule has 9 heteroatoms. The van der Waals surface area contributed by atoms with Gasteiger partial charge in [-0.2, -0.15) is 0 Å². The largest absolute Gasteiger partial charge is 0.454 e. The Morgan fingerprint density at radius 3 is 2.19 bits per heavy atom. The Labute approximate surface area is 166 Å². The quantitative estimate of drug-likeness (QED) is 0.678. The molecule has 1 aliphatic heterocycles. The molecule has 0 radical (unpaired) electrons. The number of nitrogens with one attached hydrogen (secondary N) is 3. The van der Waals surface area contributed by atoms with Gasteiger partial charge in [0.1, 0.15) is 0 Å². The normalized spacial score (nSPS) is 13.1. The number of benzene rings is 2. The number of fused-ring (bicyclic) bond motifs is 1. The molecule has 1 aliphatic rings. The predicted molar refractivity (Wildman–Crippen MR) is 103 cm³/mol. The first-order valence-corrected chi connectivity index (χ1v) is 8.92. The zero-order chi connectivity index (χ0) is 19.4. The zero-order valence-electron chi connectivity index (χ0n) is 14.5. The summed E-state index contributed by atoms with van der Waals surface area (Å²) in [6.07, 6.45) is 0. The highest BCUT2D eigenvalue weighted by molar-refractivity contribution is 6.42. The number of likely N-dealkylation sites (N-methyl/N-ethyl adjacent to an activating group) is 1. The van der Waals surface area contributed by atoms with Crippen LogP contribution in [0.5, 0.6) is 11.5 Å². The molecule has 2 amide bonds. The van der Waals surface area contributed by atoms with Crippen LogP contribution in [0.15, 0.2) is 36.4 Å². The number of rotatable bonds is 6. The summed E-state index contributed by atoms with van der Waals surface area (Å²) in [4.78, 5) is 25.0. The SMILES string of the molecule is C[NH+](CC(=O)Nc1ccc(Cl)c(Cl)c1)CC(=O)Nc1ccc2c(c1)OCO2. The van der Waals surface area contributed by atoms with Crippen molar-refractivity contribution in [1.29, 1.82) is 0 Å². The number of hydrogen-bond acceptors (Lipinski definition) is 4. The highest BCUT2D eigenvalue weighted by atomic mass is 35.5. The summed E-state index contributed by atoms with van der Waals surface area (Å²) < 4.78 is 10.5. The van der Waals surface area contributed by atoms with Crippen LogP contribution in [0.25, 0.3) is 0 Å². The van der Waals surface area contributed by atoms with Gasteiger partial charge in [0.2, 0.25) is 6.79 Å². The lowest BCUT2D eigenvalue weighted by molar-refractivity contribution is -0.862. The summed E-state index contributed by atoms with van der Waals surface area (Å²) in [6.45, 7) is 0.422. The molecule has 0 aliphatic carbocycles. The highest BCUT2D eigenvalue weighted by Crippen LogP contribution is 2.34. The van der Waals surface area contributed by atoms with Gasteiger partial charge >= 0.3 is 0 Å². The highest BCUT2D eigenvalue weighted by Gasteiger charge is 2.17. The average Bonchev–Trinajstić information content (AvgIpc) is 3.05. The van der Waals surface area contributed by atoms with Crippen LogP contribution in [0.4, 0.5) is 11.4 Å². The van der Waals surface area contributed by atoms with E-state index in [1.807, 2.05) is 0 Å². The zero-order valence-corrected chi connectivity index (χ0v) is 16.0. The molecule has 142 valence electrons. The second kappa shape index (κ2) is 8.47. The Morgan fingerprint density at radius 2 is 1.52 bits per heavy atom. The number of quaternary nitrogens is 1. The minimum absolute atomic E-state index is 0.120. The molecule has 7 nitrogen and oxygen atoms in total. The number of ether oxygens (including phenoxy) is 2. The summed E-state index contributed by atoms with van der Waals surface area (Å²) in [5.74, 6) is 0.791. The van der Waals surface area contributed by atoms with Crippen LogP contribution in [-0.2, 0) is 9.59 Å². The van der Waals surface area contributed by atoms with Crippen molar-refractivity contribution in [2.75, 3.05) is 37.6 Å². The van der Waals surface area contributed by atoms with Gasteiger partial charge in [0.15, 0.2) is 24.6 Å². The third kappa shape index (κ3) is 5.26. The monoisotopic (exact) mass is 410 g/mol. The lowest BCUT2D eigenvalue weighted by atomic mass is 10.2. The number of anilines is 2. The van der Waals surface area contributed by atoms with Gasteiger partial charge in [0, 0.05) is 17.4 Å². The van der Waals surface area contributed by atoms with E-state index >= 15 is 0 Å². The molecule has 0 bridgehead atoms. The molecule has 2 aromatic rings. The topological polar surface area (TPSA) is 81.1 Å². The molecule has 0 fully saturated rings. The first kappa shape index (κ1) is 19.3. The lowest BCUT2D eigenvalue weighted by Crippen LogP contribution is -3.11. The van der Waals surface area contributed by atoms with E-state index in [2.05, 4.69) is 10.6 Å². The summed E-state index contributed by atoms with van der Waals surface area (Å²) in [7, 11) is 1.76. The van der Waals surface area contributed by atoms with Crippen molar-refractivity contribution in [3.05, 3.63) is 46.4 Å². The minimum atomic E-state index is -0.234. The van der Waals surface area contributed by atoms with E-state index in [9.17, 15) is 9.59 Å². The van der Waals surface area contributed by atoms with E-state index < -0.39 is 0 Å². The van der Waals surface area contributed by atoms with Gasteiger partial charge in [-0.05, 0) is 30.3 Å². The van der Waals surface area contributed by atoms with Gasteiger partial charge in [0.25, 0.3) is 11.8 Å². The Hall–Kier alpha value is -2.48. The summed E-state index contributed by atoms with van der Waals surface area (Å²) in [5.41, 5.74) is 1.16. The van der Waals surface area contributed by atoms with Crippen LogP contribution in [0.1, 0.15) is 0 Å². The molecule has 0 saturated heterocycles. The van der Waals surface area contributed by atoms with Crippen molar-refractivity contribution < 1.29 is 24.0 Å². The van der Waals surface area contributed by atoms with Gasteiger partial charge in [-0.1, -0.05) is 23.2 Å². The molecule has 2 aromatic carbocycles. The maximum Gasteiger partial charge on any atom is 0.279 e. The van der Waals surface area contributed by atoms with E-state index in [-0.39, 0.29) is 31.7 Å². The minimum Gasteiger partial charge on any atom is -0.454 e. The van der Waals surface area contributed by atoms with Gasteiger partial charge in [-0.25, -0.2) is 0 Å². The summed E-state index contributed by atoms with van der Waals surface area (Å²) in [5, 5.41) is 6.28. The second-order valence-electron chi connectivity index (χ2n) is 6.10. The second-order valence-corrected chi connectivity index (χ2v) is 6.92. The number of hydrogen-bond donors (Lipinski definition) is 3. The number of halogens is 2. The fourth-order valence-electron chi connectivity index (χ4n) is 2.57. The van der Waals surface area contributed by atoms with Gasteiger partial charge in [-0.3, -0.25) is 9.59 Å². The summed E-state index contributed by atoms with van der Waals surface area (Å²) in [6, 6.07) is 10.0. The van der Waals surface area contributed by atoms with Crippen LogP contribution in [-0.4, -0.2) is 38.7 Å². The molecule has 3 N–H and O–H groups in total. The molecule has 0 aromatic heterocycles. The number of carbonyl (C=O) groups is 2. The van der Waals surface area contributed by atoms with Crippen molar-refractivity contribution in [2.45, 2.75) is 0 Å². The van der Waals surface area contributed by atoms with Crippen molar-refractivity contribution in [3.8, 4) is 11.5 Å². The molecule has 3 rings (SSSR count). The lowest BCUT2D eigenvalue weighted by Gasteiger charge is -2.14. The molecule has 1 unspecified atom stereocenters. The Kier molecular flexibility index (Phi) is 6.05.